The second-order valence-corrected chi connectivity index (χ2v) is 3.27. The van der Waals surface area contributed by atoms with E-state index in [1.54, 1.807) is 13.0 Å². The second-order valence-electron chi connectivity index (χ2n) is 3.27. The maximum Gasteiger partial charge on any atom is 0.123 e. The number of benzene rings is 1. The molecule has 80 valence electrons. The van der Waals surface area contributed by atoms with E-state index in [0.29, 0.717) is 5.56 Å². The summed E-state index contributed by atoms with van der Waals surface area (Å²) in [5.41, 5.74) is 7.25. The summed E-state index contributed by atoms with van der Waals surface area (Å²) in [6.07, 6.45) is -0.666. The van der Waals surface area contributed by atoms with Crippen molar-refractivity contribution >= 4 is 12.4 Å². The molecular weight excluding hydrogens is 205 g/mol. The van der Waals surface area contributed by atoms with Gasteiger partial charge in [-0.25, -0.2) is 4.39 Å². The maximum absolute atomic E-state index is 12.8. The van der Waals surface area contributed by atoms with Crippen molar-refractivity contribution in [3.8, 4) is 0 Å². The fourth-order valence-corrected chi connectivity index (χ4v) is 1.23. The molecule has 0 aliphatic heterocycles. The number of aliphatic hydroxyl groups excluding tert-OH is 1. The van der Waals surface area contributed by atoms with Crippen molar-refractivity contribution in [3.63, 3.8) is 0 Å². The lowest BCUT2D eigenvalue weighted by Crippen LogP contribution is -2.24. The molecule has 0 radical (unpaired) electrons. The van der Waals surface area contributed by atoms with E-state index in [1.807, 2.05) is 6.92 Å². The number of aryl methyl sites for hydroxylation is 1. The van der Waals surface area contributed by atoms with Gasteiger partial charge in [0.2, 0.25) is 0 Å². The third-order valence-corrected chi connectivity index (χ3v) is 2.12. The van der Waals surface area contributed by atoms with Crippen LogP contribution in [-0.4, -0.2) is 11.2 Å². The SMILES string of the molecule is Cc1ccc(F)cc1[C@@H](N)[C@H](C)O.Cl. The Hall–Kier alpha value is -0.640. The number of hydrogen-bond acceptors (Lipinski definition) is 2. The molecular formula is C10H15ClFNO. The molecule has 0 saturated heterocycles. The minimum atomic E-state index is -0.666. The Morgan fingerprint density at radius 2 is 2.00 bits per heavy atom. The molecule has 0 saturated carbocycles. The second kappa shape index (κ2) is 5.29. The number of aliphatic hydroxyl groups is 1. The van der Waals surface area contributed by atoms with Crippen LogP contribution in [0.3, 0.4) is 0 Å². The molecule has 14 heavy (non-hydrogen) atoms. The first kappa shape index (κ1) is 13.4. The molecule has 2 nitrogen and oxygen atoms in total. The van der Waals surface area contributed by atoms with Crippen LogP contribution in [0.2, 0.25) is 0 Å². The van der Waals surface area contributed by atoms with Crippen LogP contribution in [0, 0.1) is 12.7 Å². The molecule has 4 heteroatoms. The van der Waals surface area contributed by atoms with E-state index < -0.39 is 12.1 Å². The number of hydrogen-bond donors (Lipinski definition) is 2. The highest BCUT2D eigenvalue weighted by molar-refractivity contribution is 5.85. The maximum atomic E-state index is 12.8. The summed E-state index contributed by atoms with van der Waals surface area (Å²) in [6.45, 7) is 3.44. The van der Waals surface area contributed by atoms with Gasteiger partial charge in [-0.2, -0.15) is 0 Å². The smallest absolute Gasteiger partial charge is 0.123 e. The van der Waals surface area contributed by atoms with Gasteiger partial charge in [0, 0.05) is 0 Å². The first-order valence-electron chi connectivity index (χ1n) is 4.22. The summed E-state index contributed by atoms with van der Waals surface area (Å²) in [4.78, 5) is 0. The number of rotatable bonds is 2. The highest BCUT2D eigenvalue weighted by Gasteiger charge is 2.14. The molecule has 0 amide bonds. The van der Waals surface area contributed by atoms with Crippen molar-refractivity contribution in [3.05, 3.63) is 35.1 Å². The van der Waals surface area contributed by atoms with Gasteiger partial charge in [-0.15, -0.1) is 12.4 Å². The molecule has 1 rings (SSSR count). The molecule has 0 spiro atoms. The molecule has 2 atom stereocenters. The van der Waals surface area contributed by atoms with Crippen LogP contribution in [0.4, 0.5) is 4.39 Å². The molecule has 1 aromatic rings. The molecule has 0 fully saturated rings. The monoisotopic (exact) mass is 219 g/mol. The van der Waals surface area contributed by atoms with E-state index in [4.69, 9.17) is 5.73 Å². The van der Waals surface area contributed by atoms with Crippen LogP contribution >= 0.6 is 12.4 Å². The van der Waals surface area contributed by atoms with Crippen molar-refractivity contribution in [2.75, 3.05) is 0 Å². The van der Waals surface area contributed by atoms with E-state index in [1.165, 1.54) is 12.1 Å². The van der Waals surface area contributed by atoms with Gasteiger partial charge in [-0.05, 0) is 37.1 Å². The van der Waals surface area contributed by atoms with Crippen LogP contribution in [0.5, 0.6) is 0 Å². The van der Waals surface area contributed by atoms with E-state index in [0.717, 1.165) is 5.56 Å². The van der Waals surface area contributed by atoms with Gasteiger partial charge < -0.3 is 10.8 Å². The van der Waals surface area contributed by atoms with Crippen LogP contribution in [0.15, 0.2) is 18.2 Å². The normalized spacial score (nSPS) is 14.4. The lowest BCUT2D eigenvalue weighted by atomic mass is 9.98. The predicted molar refractivity (Wildman–Crippen MR) is 57.0 cm³/mol. The molecule has 3 N–H and O–H groups in total. The lowest BCUT2D eigenvalue weighted by molar-refractivity contribution is 0.164. The largest absolute Gasteiger partial charge is 0.391 e. The zero-order chi connectivity index (χ0) is 10.0. The van der Waals surface area contributed by atoms with Crippen molar-refractivity contribution in [1.82, 2.24) is 0 Å². The zero-order valence-electron chi connectivity index (χ0n) is 8.20. The first-order valence-corrected chi connectivity index (χ1v) is 4.22. The summed E-state index contributed by atoms with van der Waals surface area (Å²) in [6, 6.07) is 3.89. The van der Waals surface area contributed by atoms with Gasteiger partial charge in [0.1, 0.15) is 5.82 Å². The molecule has 0 heterocycles. The Bertz CT molecular complexity index is 304. The van der Waals surface area contributed by atoms with Crippen LogP contribution in [0.1, 0.15) is 24.1 Å². The van der Waals surface area contributed by atoms with Crippen LogP contribution in [-0.2, 0) is 0 Å². The average molecular weight is 220 g/mol. The molecule has 0 aromatic heterocycles. The summed E-state index contributed by atoms with van der Waals surface area (Å²) < 4.78 is 12.8. The van der Waals surface area contributed by atoms with Crippen molar-refractivity contribution in [2.24, 2.45) is 5.73 Å². The highest BCUT2D eigenvalue weighted by Crippen LogP contribution is 2.19. The van der Waals surface area contributed by atoms with Crippen LogP contribution in [0.25, 0.3) is 0 Å². The average Bonchev–Trinajstić information content (AvgIpc) is 2.08. The van der Waals surface area contributed by atoms with Gasteiger partial charge >= 0.3 is 0 Å². The zero-order valence-corrected chi connectivity index (χ0v) is 9.01. The lowest BCUT2D eigenvalue weighted by Gasteiger charge is -2.17. The summed E-state index contributed by atoms with van der Waals surface area (Å²) in [5, 5.41) is 9.24. The van der Waals surface area contributed by atoms with Crippen LogP contribution < -0.4 is 5.73 Å². The van der Waals surface area contributed by atoms with Gasteiger partial charge in [0.05, 0.1) is 12.1 Å². The van der Waals surface area contributed by atoms with E-state index in [-0.39, 0.29) is 18.2 Å². The quantitative estimate of drug-likeness (QED) is 0.799. The molecule has 1 aromatic carbocycles. The van der Waals surface area contributed by atoms with E-state index >= 15 is 0 Å². The standard InChI is InChI=1S/C10H14FNO.ClH/c1-6-3-4-8(11)5-9(6)10(12)7(2)13;/h3-5,7,10,13H,12H2,1-2H3;1H/t7-,10-;/m0./s1. The molecule has 0 bridgehead atoms. The Morgan fingerprint density at radius 3 is 2.50 bits per heavy atom. The first-order chi connectivity index (χ1) is 6.02. The third kappa shape index (κ3) is 2.94. The minimum absolute atomic E-state index is 0. The summed E-state index contributed by atoms with van der Waals surface area (Å²) in [7, 11) is 0. The van der Waals surface area contributed by atoms with Gasteiger partial charge in [0.15, 0.2) is 0 Å². The number of halogens is 2. The van der Waals surface area contributed by atoms with Crippen molar-refractivity contribution in [1.29, 1.82) is 0 Å². The summed E-state index contributed by atoms with van der Waals surface area (Å²) in [5.74, 6) is -0.322. The van der Waals surface area contributed by atoms with Crippen molar-refractivity contribution < 1.29 is 9.50 Å². The molecule has 0 aliphatic carbocycles. The van der Waals surface area contributed by atoms with E-state index in [2.05, 4.69) is 0 Å². The number of nitrogens with two attached hydrogens (primary N) is 1. The summed E-state index contributed by atoms with van der Waals surface area (Å²) >= 11 is 0. The predicted octanol–water partition coefficient (Wildman–Crippen LogP) is 1.94. The Balaban J connectivity index is 0.00000169. The van der Waals surface area contributed by atoms with Gasteiger partial charge in [-0.3, -0.25) is 0 Å². The Kier molecular flexibility index (Phi) is 5.05. The van der Waals surface area contributed by atoms with E-state index in [9.17, 15) is 9.50 Å². The van der Waals surface area contributed by atoms with Gasteiger partial charge in [-0.1, -0.05) is 6.07 Å². The topological polar surface area (TPSA) is 46.2 Å². The molecule has 0 unspecified atom stereocenters. The minimum Gasteiger partial charge on any atom is -0.391 e. The fraction of sp³-hybridized carbons (Fsp3) is 0.400. The third-order valence-electron chi connectivity index (χ3n) is 2.12. The van der Waals surface area contributed by atoms with Crippen molar-refractivity contribution in [2.45, 2.75) is 26.0 Å². The highest BCUT2D eigenvalue weighted by atomic mass is 35.5. The Morgan fingerprint density at radius 1 is 1.43 bits per heavy atom. The fourth-order valence-electron chi connectivity index (χ4n) is 1.23. The molecule has 0 aliphatic rings. The Labute approximate surface area is 89.3 Å². The van der Waals surface area contributed by atoms with Gasteiger partial charge in [0.25, 0.3) is 0 Å².